The van der Waals surface area contributed by atoms with Crippen LogP contribution < -0.4 is 15.5 Å². The predicted octanol–water partition coefficient (Wildman–Crippen LogP) is 3.16. The van der Waals surface area contributed by atoms with Crippen molar-refractivity contribution in [1.82, 2.24) is 15.5 Å². The van der Waals surface area contributed by atoms with E-state index >= 15 is 0 Å². The number of hydrogen-bond acceptors (Lipinski definition) is 4. The van der Waals surface area contributed by atoms with Gasteiger partial charge >= 0.3 is 0 Å². The summed E-state index contributed by atoms with van der Waals surface area (Å²) in [5.41, 5.74) is 4.12. The number of furan rings is 1. The van der Waals surface area contributed by atoms with Crippen LogP contribution >= 0.6 is 0 Å². The molecule has 1 atom stereocenters. The zero-order chi connectivity index (χ0) is 20.1. The van der Waals surface area contributed by atoms with Crippen molar-refractivity contribution in [3.63, 3.8) is 0 Å². The molecule has 29 heavy (non-hydrogen) atoms. The highest BCUT2D eigenvalue weighted by Gasteiger charge is 2.25. The summed E-state index contributed by atoms with van der Waals surface area (Å²) < 4.78 is 5.72. The lowest BCUT2D eigenvalue weighted by Crippen LogP contribution is -2.42. The summed E-state index contributed by atoms with van der Waals surface area (Å²) in [6.45, 7) is 4.95. The molecule has 1 aromatic carbocycles. The highest BCUT2D eigenvalue weighted by molar-refractivity contribution is 5.79. The largest absolute Gasteiger partial charge is 0.468 e. The van der Waals surface area contributed by atoms with E-state index in [0.717, 1.165) is 44.4 Å². The maximum Gasteiger partial charge on any atom is 0.191 e. The first-order chi connectivity index (χ1) is 14.2. The van der Waals surface area contributed by atoms with Gasteiger partial charge in [0.25, 0.3) is 0 Å². The second-order valence-electron chi connectivity index (χ2n) is 8.07. The second-order valence-corrected chi connectivity index (χ2v) is 8.07. The Hall–Kier alpha value is -2.47. The van der Waals surface area contributed by atoms with Gasteiger partial charge in [0.05, 0.1) is 12.3 Å². The molecule has 0 aliphatic carbocycles. The molecule has 1 saturated heterocycles. The third-order valence-electron chi connectivity index (χ3n) is 6.09. The average molecular weight is 396 g/mol. The van der Waals surface area contributed by atoms with E-state index in [1.807, 2.05) is 13.1 Å². The molecule has 2 aliphatic heterocycles. The van der Waals surface area contributed by atoms with Crippen LogP contribution in [0.15, 0.2) is 46.0 Å². The van der Waals surface area contributed by atoms with Crippen LogP contribution in [0.3, 0.4) is 0 Å². The second kappa shape index (κ2) is 9.35. The summed E-state index contributed by atoms with van der Waals surface area (Å²) in [5.74, 6) is 1.85. The molecule has 156 valence electrons. The summed E-state index contributed by atoms with van der Waals surface area (Å²) >= 11 is 0. The van der Waals surface area contributed by atoms with Crippen LogP contribution in [0.4, 0.5) is 5.69 Å². The number of rotatable bonds is 6. The van der Waals surface area contributed by atoms with Crippen LogP contribution in [-0.2, 0) is 13.0 Å². The van der Waals surface area contributed by atoms with Crippen molar-refractivity contribution in [3.05, 3.63) is 53.5 Å². The van der Waals surface area contributed by atoms with E-state index in [-0.39, 0.29) is 6.04 Å². The normalized spacial score (nSPS) is 18.6. The number of hydrogen-bond donors (Lipinski definition) is 2. The van der Waals surface area contributed by atoms with Crippen molar-refractivity contribution in [3.8, 4) is 0 Å². The molecule has 2 aliphatic rings. The van der Waals surface area contributed by atoms with Crippen molar-refractivity contribution >= 4 is 11.6 Å². The average Bonchev–Trinajstić information content (AvgIpc) is 3.45. The fraction of sp³-hybridized carbons (Fsp3) is 0.522. The molecular formula is C23H33N5O. The topological polar surface area (TPSA) is 56.0 Å². The molecule has 2 aromatic rings. The fourth-order valence-electron chi connectivity index (χ4n) is 4.49. The Balaban J connectivity index is 1.34. The lowest BCUT2D eigenvalue weighted by atomic mass is 9.99. The van der Waals surface area contributed by atoms with Gasteiger partial charge in [-0.1, -0.05) is 12.1 Å². The maximum atomic E-state index is 5.72. The van der Waals surface area contributed by atoms with Crippen molar-refractivity contribution in [2.24, 2.45) is 4.99 Å². The van der Waals surface area contributed by atoms with E-state index in [4.69, 9.17) is 4.42 Å². The minimum Gasteiger partial charge on any atom is -0.468 e. The minimum absolute atomic E-state index is 0.241. The Kier molecular flexibility index (Phi) is 6.39. The first-order valence-corrected chi connectivity index (χ1v) is 10.8. The molecule has 0 saturated carbocycles. The highest BCUT2D eigenvalue weighted by Crippen LogP contribution is 2.27. The number of fused-ring (bicyclic) bond motifs is 1. The van der Waals surface area contributed by atoms with Gasteiger partial charge in [-0.25, -0.2) is 0 Å². The number of nitrogens with zero attached hydrogens (tertiary/aromatic N) is 3. The maximum absolute atomic E-state index is 5.72. The van der Waals surface area contributed by atoms with Gasteiger partial charge in [0.2, 0.25) is 0 Å². The quantitative estimate of drug-likeness (QED) is 0.581. The SMILES string of the molecule is CN=C(NCc1ccc2c(c1)CCCN2C)NCC(c1ccco1)N1CCCC1. The van der Waals surface area contributed by atoms with Crippen molar-refractivity contribution < 1.29 is 4.42 Å². The standard InChI is InChI=1S/C23H33N5O/c1-24-23(25-16-18-9-10-20-19(15-18)7-5-11-27(20)2)26-17-21(22-8-6-14-29-22)28-12-3-4-13-28/h6,8-10,14-15,21H,3-5,7,11-13,16-17H2,1-2H3,(H2,24,25,26). The Labute approximate surface area is 174 Å². The van der Waals surface area contributed by atoms with E-state index in [1.165, 1.54) is 42.5 Å². The Morgan fingerprint density at radius 3 is 2.76 bits per heavy atom. The summed E-state index contributed by atoms with van der Waals surface area (Å²) in [6.07, 6.45) is 6.68. The van der Waals surface area contributed by atoms with Crippen LogP contribution in [0, 0.1) is 0 Å². The van der Waals surface area contributed by atoms with Gasteiger partial charge in [0, 0.05) is 39.4 Å². The Bertz CT molecular complexity index is 811. The molecule has 0 radical (unpaired) electrons. The lowest BCUT2D eigenvalue weighted by molar-refractivity contribution is 0.215. The first kappa shape index (κ1) is 19.8. The molecule has 3 heterocycles. The number of likely N-dealkylation sites (tertiary alicyclic amines) is 1. The predicted molar refractivity (Wildman–Crippen MR) is 118 cm³/mol. The lowest BCUT2D eigenvalue weighted by Gasteiger charge is -2.28. The van der Waals surface area contributed by atoms with Crippen LogP contribution in [-0.4, -0.2) is 51.1 Å². The van der Waals surface area contributed by atoms with Crippen molar-refractivity contribution in [1.29, 1.82) is 0 Å². The van der Waals surface area contributed by atoms with Crippen LogP contribution in [0.1, 0.15) is 42.2 Å². The molecule has 4 rings (SSSR count). The first-order valence-electron chi connectivity index (χ1n) is 10.8. The summed E-state index contributed by atoms with van der Waals surface area (Å²) in [4.78, 5) is 9.27. The van der Waals surface area contributed by atoms with E-state index in [2.05, 4.69) is 56.7 Å². The molecule has 0 bridgehead atoms. The van der Waals surface area contributed by atoms with Crippen LogP contribution in [0.2, 0.25) is 0 Å². The molecule has 1 fully saturated rings. The molecule has 2 N–H and O–H groups in total. The molecule has 0 spiro atoms. The van der Waals surface area contributed by atoms with E-state index in [0.29, 0.717) is 0 Å². The van der Waals surface area contributed by atoms with Gasteiger partial charge in [-0.2, -0.15) is 0 Å². The van der Waals surface area contributed by atoms with Gasteiger partial charge in [-0.15, -0.1) is 0 Å². The number of benzene rings is 1. The van der Waals surface area contributed by atoms with Crippen LogP contribution in [0.25, 0.3) is 0 Å². The number of guanidine groups is 1. The summed E-state index contributed by atoms with van der Waals surface area (Å²) in [6, 6.07) is 11.1. The zero-order valence-electron chi connectivity index (χ0n) is 17.7. The smallest absolute Gasteiger partial charge is 0.191 e. The molecular weight excluding hydrogens is 362 g/mol. The number of nitrogens with one attached hydrogen (secondary N) is 2. The minimum atomic E-state index is 0.241. The molecule has 1 unspecified atom stereocenters. The Morgan fingerprint density at radius 2 is 2.00 bits per heavy atom. The van der Waals surface area contributed by atoms with Crippen molar-refractivity contribution in [2.75, 3.05) is 45.2 Å². The Morgan fingerprint density at radius 1 is 1.14 bits per heavy atom. The van der Waals surface area contributed by atoms with Gasteiger partial charge in [0.1, 0.15) is 5.76 Å². The molecule has 1 aromatic heterocycles. The van der Waals surface area contributed by atoms with E-state index in [9.17, 15) is 0 Å². The third kappa shape index (κ3) is 4.75. The monoisotopic (exact) mass is 395 g/mol. The molecule has 6 nitrogen and oxygen atoms in total. The van der Waals surface area contributed by atoms with Gasteiger partial charge in [-0.05, 0) is 68.1 Å². The summed E-state index contributed by atoms with van der Waals surface area (Å²) in [7, 11) is 4.01. The van der Waals surface area contributed by atoms with Gasteiger partial charge < -0.3 is 20.0 Å². The number of aryl methyl sites for hydroxylation is 1. The van der Waals surface area contributed by atoms with Crippen molar-refractivity contribution in [2.45, 2.75) is 38.3 Å². The van der Waals surface area contributed by atoms with Gasteiger partial charge in [0.15, 0.2) is 5.96 Å². The van der Waals surface area contributed by atoms with Gasteiger partial charge in [-0.3, -0.25) is 9.89 Å². The van der Waals surface area contributed by atoms with E-state index < -0.39 is 0 Å². The molecule has 6 heteroatoms. The molecule has 0 amide bonds. The number of aliphatic imine (C=N–C) groups is 1. The van der Waals surface area contributed by atoms with Crippen LogP contribution in [0.5, 0.6) is 0 Å². The fourth-order valence-corrected chi connectivity index (χ4v) is 4.49. The third-order valence-corrected chi connectivity index (χ3v) is 6.09. The summed E-state index contributed by atoms with van der Waals surface area (Å²) in [5, 5.41) is 6.97. The zero-order valence-corrected chi connectivity index (χ0v) is 17.7. The van der Waals surface area contributed by atoms with E-state index in [1.54, 1.807) is 6.26 Å². The highest BCUT2D eigenvalue weighted by atomic mass is 16.3. The number of anilines is 1.